The van der Waals surface area contributed by atoms with Gasteiger partial charge in [-0.2, -0.15) is 0 Å². The zero-order chi connectivity index (χ0) is 16.1. The van der Waals surface area contributed by atoms with Crippen LogP contribution in [0.1, 0.15) is 90.9 Å². The summed E-state index contributed by atoms with van der Waals surface area (Å²) in [5.74, 6) is 4.62. The van der Waals surface area contributed by atoms with Crippen LogP contribution in [0.4, 0.5) is 0 Å². The molecule has 2 nitrogen and oxygen atoms in total. The molecule has 0 unspecified atom stereocenters. The normalized spacial score (nSPS) is 42.5. The second-order valence-electron chi connectivity index (χ2n) is 9.06. The Labute approximate surface area is 143 Å². The zero-order valence-electron chi connectivity index (χ0n) is 15.5. The number of hydrogen-bond donors (Lipinski definition) is 0. The Kier molecular flexibility index (Phi) is 6.83. The minimum atomic E-state index is 0.372. The lowest BCUT2D eigenvalue weighted by Gasteiger charge is -2.36. The number of hydrogen-bond acceptors (Lipinski definition) is 2. The molecule has 3 aliphatic rings. The van der Waals surface area contributed by atoms with Crippen molar-refractivity contribution in [1.29, 1.82) is 0 Å². The van der Waals surface area contributed by atoms with Gasteiger partial charge in [-0.25, -0.2) is 9.78 Å². The van der Waals surface area contributed by atoms with Gasteiger partial charge < -0.3 is 0 Å². The first-order valence-corrected chi connectivity index (χ1v) is 10.5. The van der Waals surface area contributed by atoms with Crippen molar-refractivity contribution in [2.75, 3.05) is 6.61 Å². The fourth-order valence-electron chi connectivity index (χ4n) is 5.14. The lowest BCUT2D eigenvalue weighted by molar-refractivity contribution is -0.336. The van der Waals surface area contributed by atoms with Crippen molar-refractivity contribution in [3.63, 3.8) is 0 Å². The smallest absolute Gasteiger partial charge is 0.0930 e. The molecule has 23 heavy (non-hydrogen) atoms. The van der Waals surface area contributed by atoms with Crippen LogP contribution in [0, 0.1) is 29.6 Å². The lowest BCUT2D eigenvalue weighted by Crippen LogP contribution is -2.29. The molecule has 3 saturated carbocycles. The standard InChI is InChI=1S/C21H38O2/c1-16-3-7-18(8-4-16)15-22-23-21-13-11-20(12-14-21)19-9-5-17(2)6-10-19/h16-21H,3-15H2,1-2H3. The second-order valence-corrected chi connectivity index (χ2v) is 9.06. The third-order valence-electron chi connectivity index (χ3n) is 7.09. The van der Waals surface area contributed by atoms with E-state index in [0.29, 0.717) is 6.10 Å². The van der Waals surface area contributed by atoms with Gasteiger partial charge in [0.2, 0.25) is 0 Å². The molecule has 0 N–H and O–H groups in total. The first-order chi connectivity index (χ1) is 11.2. The van der Waals surface area contributed by atoms with E-state index in [4.69, 9.17) is 9.78 Å². The Morgan fingerprint density at radius 3 is 1.65 bits per heavy atom. The van der Waals surface area contributed by atoms with E-state index < -0.39 is 0 Å². The molecular formula is C21H38O2. The van der Waals surface area contributed by atoms with Crippen LogP contribution in [0.2, 0.25) is 0 Å². The molecule has 0 spiro atoms. The fraction of sp³-hybridized carbons (Fsp3) is 1.00. The van der Waals surface area contributed by atoms with Crippen molar-refractivity contribution in [3.05, 3.63) is 0 Å². The van der Waals surface area contributed by atoms with E-state index in [0.717, 1.165) is 36.2 Å². The maximum Gasteiger partial charge on any atom is 0.0930 e. The highest BCUT2D eigenvalue weighted by Gasteiger charge is 2.30. The fourth-order valence-corrected chi connectivity index (χ4v) is 5.14. The van der Waals surface area contributed by atoms with E-state index in [1.807, 2.05) is 0 Å². The maximum absolute atomic E-state index is 5.77. The number of rotatable bonds is 5. The Hall–Kier alpha value is -0.0800. The first kappa shape index (κ1) is 17.7. The summed E-state index contributed by atoms with van der Waals surface area (Å²) in [7, 11) is 0. The molecule has 0 heterocycles. The molecular weight excluding hydrogens is 284 g/mol. The summed E-state index contributed by atoms with van der Waals surface area (Å²) in [5.41, 5.74) is 0. The van der Waals surface area contributed by atoms with Crippen LogP contribution in [0.3, 0.4) is 0 Å². The van der Waals surface area contributed by atoms with Gasteiger partial charge in [-0.3, -0.25) is 0 Å². The van der Waals surface area contributed by atoms with Crippen molar-refractivity contribution in [3.8, 4) is 0 Å². The third kappa shape index (κ3) is 5.46. The van der Waals surface area contributed by atoms with Crippen LogP contribution < -0.4 is 0 Å². The maximum atomic E-state index is 5.77. The first-order valence-electron chi connectivity index (χ1n) is 10.5. The van der Waals surface area contributed by atoms with Gasteiger partial charge in [0.25, 0.3) is 0 Å². The van der Waals surface area contributed by atoms with E-state index >= 15 is 0 Å². The van der Waals surface area contributed by atoms with E-state index in [1.54, 1.807) is 0 Å². The Morgan fingerprint density at radius 2 is 1.09 bits per heavy atom. The van der Waals surface area contributed by atoms with Crippen molar-refractivity contribution in [1.82, 2.24) is 0 Å². The summed E-state index contributed by atoms with van der Waals surface area (Å²) in [6.07, 6.45) is 16.8. The Balaban J connectivity index is 1.27. The monoisotopic (exact) mass is 322 g/mol. The van der Waals surface area contributed by atoms with Crippen LogP contribution in [-0.4, -0.2) is 12.7 Å². The molecule has 3 rings (SSSR count). The van der Waals surface area contributed by atoms with E-state index in [2.05, 4.69) is 13.8 Å². The minimum Gasteiger partial charge on any atom is -0.236 e. The van der Waals surface area contributed by atoms with Gasteiger partial charge in [-0.15, -0.1) is 0 Å². The zero-order valence-corrected chi connectivity index (χ0v) is 15.5. The largest absolute Gasteiger partial charge is 0.236 e. The molecule has 0 aromatic carbocycles. The van der Waals surface area contributed by atoms with E-state index in [1.165, 1.54) is 77.0 Å². The van der Waals surface area contributed by atoms with Gasteiger partial charge in [-0.1, -0.05) is 39.5 Å². The average Bonchev–Trinajstić information content (AvgIpc) is 2.58. The molecule has 0 radical (unpaired) electrons. The molecule has 2 heteroatoms. The van der Waals surface area contributed by atoms with E-state index in [-0.39, 0.29) is 0 Å². The SMILES string of the molecule is CC1CCC(COOC2CCC(C3CCC(C)CC3)CC2)CC1. The molecule has 3 aliphatic carbocycles. The van der Waals surface area contributed by atoms with Crippen LogP contribution >= 0.6 is 0 Å². The highest BCUT2D eigenvalue weighted by molar-refractivity contribution is 4.81. The average molecular weight is 323 g/mol. The predicted octanol–water partition coefficient (Wildman–Crippen LogP) is 6.15. The molecule has 0 amide bonds. The van der Waals surface area contributed by atoms with Gasteiger partial charge >= 0.3 is 0 Å². The highest BCUT2D eigenvalue weighted by atomic mass is 17.2. The molecule has 0 bridgehead atoms. The van der Waals surface area contributed by atoms with Crippen LogP contribution in [0.25, 0.3) is 0 Å². The molecule has 134 valence electrons. The lowest BCUT2D eigenvalue weighted by atomic mass is 9.71. The van der Waals surface area contributed by atoms with Crippen molar-refractivity contribution >= 4 is 0 Å². The van der Waals surface area contributed by atoms with Crippen LogP contribution in [0.15, 0.2) is 0 Å². The van der Waals surface area contributed by atoms with E-state index in [9.17, 15) is 0 Å². The van der Waals surface area contributed by atoms with Gasteiger partial charge in [0.05, 0.1) is 12.7 Å². The summed E-state index contributed by atoms with van der Waals surface area (Å²) < 4.78 is 0. The van der Waals surface area contributed by atoms with Gasteiger partial charge in [0, 0.05) is 0 Å². The summed E-state index contributed by atoms with van der Waals surface area (Å²) in [5, 5.41) is 0. The summed E-state index contributed by atoms with van der Waals surface area (Å²) in [4.78, 5) is 11.4. The minimum absolute atomic E-state index is 0.372. The quantitative estimate of drug-likeness (QED) is 0.446. The highest BCUT2D eigenvalue weighted by Crippen LogP contribution is 2.40. The molecule has 3 fully saturated rings. The van der Waals surface area contributed by atoms with Gasteiger partial charge in [0.1, 0.15) is 0 Å². The summed E-state index contributed by atoms with van der Waals surface area (Å²) in [6, 6.07) is 0. The predicted molar refractivity (Wildman–Crippen MR) is 95.0 cm³/mol. The Morgan fingerprint density at radius 1 is 0.609 bits per heavy atom. The van der Waals surface area contributed by atoms with Crippen molar-refractivity contribution in [2.24, 2.45) is 29.6 Å². The van der Waals surface area contributed by atoms with Crippen LogP contribution in [0.5, 0.6) is 0 Å². The molecule has 0 aromatic rings. The molecule has 0 saturated heterocycles. The van der Waals surface area contributed by atoms with Crippen LogP contribution in [-0.2, 0) is 9.78 Å². The second kappa shape index (κ2) is 8.85. The van der Waals surface area contributed by atoms with Gasteiger partial charge in [-0.05, 0) is 81.0 Å². The molecule has 0 aromatic heterocycles. The summed E-state index contributed by atoms with van der Waals surface area (Å²) >= 11 is 0. The topological polar surface area (TPSA) is 18.5 Å². The summed E-state index contributed by atoms with van der Waals surface area (Å²) in [6.45, 7) is 5.62. The van der Waals surface area contributed by atoms with Crippen molar-refractivity contribution in [2.45, 2.75) is 97.0 Å². The third-order valence-corrected chi connectivity index (χ3v) is 7.09. The Bertz CT molecular complexity index is 316. The molecule has 0 atom stereocenters. The van der Waals surface area contributed by atoms with Gasteiger partial charge in [0.15, 0.2) is 0 Å². The van der Waals surface area contributed by atoms with Crippen molar-refractivity contribution < 1.29 is 9.78 Å². The molecule has 0 aliphatic heterocycles.